The molecule has 0 saturated heterocycles. The van der Waals surface area contributed by atoms with Gasteiger partial charge in [0.05, 0.1) is 11.1 Å². The lowest BCUT2D eigenvalue weighted by atomic mass is 10.2. The minimum absolute atomic E-state index is 0.480. The zero-order valence-corrected chi connectivity index (χ0v) is 9.93. The molecule has 0 N–H and O–H groups in total. The molecule has 0 atom stereocenters. The van der Waals surface area contributed by atoms with Gasteiger partial charge in [0.15, 0.2) is 0 Å². The number of nitrogens with zero attached hydrogens (tertiary/aromatic N) is 3. The number of nitro benzene ring substituents is 1. The SMILES string of the molecule is O=[N+]([O-])c1ccc(CSc2cnccn2)cc1F. The number of halogens is 1. The highest BCUT2D eigenvalue weighted by atomic mass is 32.2. The molecule has 0 aliphatic carbocycles. The van der Waals surface area contributed by atoms with Crippen molar-refractivity contribution in [2.24, 2.45) is 0 Å². The quantitative estimate of drug-likeness (QED) is 0.483. The van der Waals surface area contributed by atoms with Gasteiger partial charge in [0.2, 0.25) is 5.82 Å². The summed E-state index contributed by atoms with van der Waals surface area (Å²) in [4.78, 5) is 17.7. The molecule has 18 heavy (non-hydrogen) atoms. The van der Waals surface area contributed by atoms with Crippen molar-refractivity contribution in [1.29, 1.82) is 0 Å². The van der Waals surface area contributed by atoms with Crippen LogP contribution >= 0.6 is 11.8 Å². The van der Waals surface area contributed by atoms with Gasteiger partial charge >= 0.3 is 5.69 Å². The predicted molar refractivity (Wildman–Crippen MR) is 64.6 cm³/mol. The first-order valence-electron chi connectivity index (χ1n) is 4.98. The van der Waals surface area contributed by atoms with E-state index in [1.165, 1.54) is 30.0 Å². The molecule has 1 aromatic carbocycles. The number of thioether (sulfide) groups is 1. The fourth-order valence-corrected chi connectivity index (χ4v) is 2.07. The van der Waals surface area contributed by atoms with Crippen LogP contribution in [0.25, 0.3) is 0 Å². The lowest BCUT2D eigenvalue weighted by Crippen LogP contribution is -1.93. The summed E-state index contributed by atoms with van der Waals surface area (Å²) in [6, 6.07) is 3.87. The summed E-state index contributed by atoms with van der Waals surface area (Å²) < 4.78 is 13.3. The van der Waals surface area contributed by atoms with Gasteiger partial charge in [-0.25, -0.2) is 4.98 Å². The zero-order chi connectivity index (χ0) is 13.0. The molecule has 0 radical (unpaired) electrons. The largest absolute Gasteiger partial charge is 0.304 e. The van der Waals surface area contributed by atoms with Crippen LogP contribution in [0.4, 0.5) is 10.1 Å². The molecule has 0 unspecified atom stereocenters. The van der Waals surface area contributed by atoms with Crippen LogP contribution in [0.1, 0.15) is 5.56 Å². The van der Waals surface area contributed by atoms with Crippen molar-refractivity contribution >= 4 is 17.4 Å². The zero-order valence-electron chi connectivity index (χ0n) is 9.12. The summed E-state index contributed by atoms with van der Waals surface area (Å²) in [5, 5.41) is 11.2. The van der Waals surface area contributed by atoms with Crippen LogP contribution in [0.15, 0.2) is 41.8 Å². The van der Waals surface area contributed by atoms with Gasteiger partial charge in [-0.3, -0.25) is 15.1 Å². The maximum absolute atomic E-state index is 13.3. The van der Waals surface area contributed by atoms with E-state index in [0.717, 1.165) is 5.03 Å². The summed E-state index contributed by atoms with van der Waals surface area (Å²) in [6.07, 6.45) is 4.74. The molecule has 0 bridgehead atoms. The van der Waals surface area contributed by atoms with E-state index in [4.69, 9.17) is 0 Å². The van der Waals surface area contributed by atoms with E-state index >= 15 is 0 Å². The molecule has 2 aromatic rings. The monoisotopic (exact) mass is 265 g/mol. The highest BCUT2D eigenvalue weighted by Gasteiger charge is 2.13. The first-order chi connectivity index (χ1) is 8.66. The molecule has 0 aliphatic heterocycles. The number of hydrogen-bond acceptors (Lipinski definition) is 5. The summed E-state index contributed by atoms with van der Waals surface area (Å²) in [6.45, 7) is 0. The van der Waals surface area contributed by atoms with Gasteiger partial charge < -0.3 is 0 Å². The van der Waals surface area contributed by atoms with E-state index < -0.39 is 16.4 Å². The van der Waals surface area contributed by atoms with Gasteiger partial charge in [-0.05, 0) is 11.6 Å². The van der Waals surface area contributed by atoms with Gasteiger partial charge in [-0.1, -0.05) is 6.07 Å². The third-order valence-corrected chi connectivity index (χ3v) is 3.12. The van der Waals surface area contributed by atoms with E-state index in [1.54, 1.807) is 18.6 Å². The Balaban J connectivity index is 2.07. The minimum atomic E-state index is -0.822. The minimum Gasteiger partial charge on any atom is -0.260 e. The van der Waals surface area contributed by atoms with Crippen LogP contribution in [0, 0.1) is 15.9 Å². The Bertz CT molecular complexity index is 565. The standard InChI is InChI=1S/C11H8FN3O2S/c12-9-5-8(1-2-10(9)15(16)17)7-18-11-6-13-3-4-14-11/h1-6H,7H2. The van der Waals surface area contributed by atoms with Gasteiger partial charge in [-0.2, -0.15) is 4.39 Å². The molecule has 1 heterocycles. The van der Waals surface area contributed by atoms with Crippen molar-refractivity contribution in [3.8, 4) is 0 Å². The van der Waals surface area contributed by atoms with Gasteiger partial charge in [0, 0.05) is 24.2 Å². The maximum atomic E-state index is 13.3. The molecule has 0 fully saturated rings. The molecule has 0 spiro atoms. The Morgan fingerprint density at radius 3 is 2.83 bits per heavy atom. The summed E-state index contributed by atoms with van der Waals surface area (Å²) in [7, 11) is 0. The summed E-state index contributed by atoms with van der Waals surface area (Å²) >= 11 is 1.39. The molecular weight excluding hydrogens is 257 g/mol. The van der Waals surface area contributed by atoms with Gasteiger partial charge in [0.1, 0.15) is 5.03 Å². The fraction of sp³-hybridized carbons (Fsp3) is 0.0909. The topological polar surface area (TPSA) is 68.9 Å². The van der Waals surface area contributed by atoms with E-state index in [1.807, 2.05) is 0 Å². The van der Waals surface area contributed by atoms with Crippen molar-refractivity contribution in [2.75, 3.05) is 0 Å². The average molecular weight is 265 g/mol. The Morgan fingerprint density at radius 2 is 2.22 bits per heavy atom. The third-order valence-electron chi connectivity index (χ3n) is 2.13. The smallest absolute Gasteiger partial charge is 0.260 e. The normalized spacial score (nSPS) is 10.3. The number of aromatic nitrogens is 2. The predicted octanol–water partition coefficient (Wildman–Crippen LogP) is 2.82. The van der Waals surface area contributed by atoms with E-state index in [-0.39, 0.29) is 0 Å². The second-order valence-corrected chi connectivity index (χ2v) is 4.37. The molecule has 92 valence electrons. The molecule has 0 aliphatic rings. The Morgan fingerprint density at radius 1 is 1.39 bits per heavy atom. The summed E-state index contributed by atoms with van der Waals surface area (Å²) in [5.41, 5.74) is 0.150. The van der Waals surface area contributed by atoms with E-state index in [2.05, 4.69) is 9.97 Å². The molecule has 2 rings (SSSR count). The molecule has 0 amide bonds. The van der Waals surface area contributed by atoms with Gasteiger partial charge in [0.25, 0.3) is 0 Å². The first-order valence-corrected chi connectivity index (χ1v) is 5.97. The lowest BCUT2D eigenvalue weighted by molar-refractivity contribution is -0.387. The second kappa shape index (κ2) is 5.54. The van der Waals surface area contributed by atoms with Crippen LogP contribution in [0.3, 0.4) is 0 Å². The van der Waals surface area contributed by atoms with Crippen molar-refractivity contribution in [1.82, 2.24) is 9.97 Å². The molecular formula is C11H8FN3O2S. The average Bonchev–Trinajstić information content (AvgIpc) is 2.37. The third kappa shape index (κ3) is 3.01. The van der Waals surface area contributed by atoms with Crippen LogP contribution in [0.5, 0.6) is 0 Å². The van der Waals surface area contributed by atoms with E-state index in [9.17, 15) is 14.5 Å². The van der Waals surface area contributed by atoms with Crippen LogP contribution in [0.2, 0.25) is 0 Å². The lowest BCUT2D eigenvalue weighted by Gasteiger charge is -2.01. The number of rotatable bonds is 4. The number of nitro groups is 1. The molecule has 5 nitrogen and oxygen atoms in total. The Kier molecular flexibility index (Phi) is 3.83. The second-order valence-electron chi connectivity index (χ2n) is 3.38. The van der Waals surface area contributed by atoms with Crippen molar-refractivity contribution in [3.05, 3.63) is 58.3 Å². The Labute approximate surface area is 106 Å². The van der Waals surface area contributed by atoms with Gasteiger partial charge in [-0.15, -0.1) is 11.8 Å². The maximum Gasteiger partial charge on any atom is 0.304 e. The Hall–Kier alpha value is -2.02. The number of hydrogen-bond donors (Lipinski definition) is 0. The van der Waals surface area contributed by atoms with Crippen molar-refractivity contribution < 1.29 is 9.31 Å². The van der Waals surface area contributed by atoms with Crippen LogP contribution < -0.4 is 0 Å². The highest BCUT2D eigenvalue weighted by molar-refractivity contribution is 7.98. The van der Waals surface area contributed by atoms with Crippen LogP contribution in [-0.4, -0.2) is 14.9 Å². The van der Waals surface area contributed by atoms with E-state index in [0.29, 0.717) is 11.3 Å². The van der Waals surface area contributed by atoms with Crippen molar-refractivity contribution in [2.45, 2.75) is 10.8 Å². The summed E-state index contributed by atoms with van der Waals surface area (Å²) in [5.74, 6) is -0.342. The molecule has 0 saturated carbocycles. The van der Waals surface area contributed by atoms with Crippen LogP contribution in [-0.2, 0) is 5.75 Å². The number of benzene rings is 1. The molecule has 7 heteroatoms. The first kappa shape index (κ1) is 12.4. The fourth-order valence-electron chi connectivity index (χ4n) is 1.31. The highest BCUT2D eigenvalue weighted by Crippen LogP contribution is 2.23. The molecule has 1 aromatic heterocycles. The van der Waals surface area contributed by atoms with Crippen molar-refractivity contribution in [3.63, 3.8) is 0 Å².